The highest BCUT2D eigenvalue weighted by Crippen LogP contribution is 2.24. The van der Waals surface area contributed by atoms with Gasteiger partial charge in [0.15, 0.2) is 0 Å². The first-order valence-electron chi connectivity index (χ1n) is 6.78. The third kappa shape index (κ3) is 2.64. The zero-order chi connectivity index (χ0) is 13.9. The Balaban J connectivity index is 1.76. The van der Waals surface area contributed by atoms with Crippen LogP contribution in [0.3, 0.4) is 0 Å². The predicted octanol–water partition coefficient (Wildman–Crippen LogP) is 2.60. The molecule has 0 atom stereocenters. The molecule has 1 N–H and O–H groups in total. The first-order chi connectivity index (χ1) is 9.72. The van der Waals surface area contributed by atoms with Gasteiger partial charge in [-0.15, -0.1) is 0 Å². The van der Waals surface area contributed by atoms with Crippen LogP contribution in [0.5, 0.6) is 0 Å². The number of hydrogen-bond acceptors (Lipinski definition) is 3. The molecule has 1 aliphatic heterocycles. The van der Waals surface area contributed by atoms with Gasteiger partial charge in [-0.25, -0.2) is 4.98 Å². The number of fused-ring (bicyclic) bond motifs is 1. The molecule has 0 radical (unpaired) electrons. The maximum absolute atomic E-state index is 11.0. The van der Waals surface area contributed by atoms with E-state index in [9.17, 15) is 4.79 Å². The fourth-order valence-electron chi connectivity index (χ4n) is 2.54. The quantitative estimate of drug-likeness (QED) is 0.909. The molecule has 0 aliphatic carbocycles. The molecule has 0 unspecified atom stereocenters. The minimum absolute atomic E-state index is 0.0999. The molecule has 2 heterocycles. The van der Waals surface area contributed by atoms with Crippen LogP contribution < -0.4 is 10.2 Å². The van der Waals surface area contributed by atoms with E-state index in [-0.39, 0.29) is 5.91 Å². The van der Waals surface area contributed by atoms with E-state index >= 15 is 0 Å². The molecule has 1 amide bonds. The van der Waals surface area contributed by atoms with Crippen LogP contribution in [-0.2, 0) is 17.8 Å². The molecule has 1 aliphatic rings. The number of amides is 1. The molecule has 1 aromatic carbocycles. The Bertz CT molecular complexity index is 622. The largest absolute Gasteiger partial charge is 0.366 e. The van der Waals surface area contributed by atoms with Crippen molar-refractivity contribution in [3.8, 4) is 0 Å². The highest BCUT2D eigenvalue weighted by molar-refractivity contribution is 5.87. The normalized spacial score (nSPS) is 13.8. The molecule has 0 bridgehead atoms. The van der Waals surface area contributed by atoms with Crippen molar-refractivity contribution >= 4 is 17.4 Å². The van der Waals surface area contributed by atoms with Crippen LogP contribution in [0, 0.1) is 0 Å². The number of nitrogens with zero attached hydrogens (tertiary/aromatic N) is 2. The number of rotatable bonds is 2. The van der Waals surface area contributed by atoms with Gasteiger partial charge in [-0.3, -0.25) is 4.79 Å². The standard InChI is InChI=1S/C16H17N3O/c1-12(20)18-16-7-6-15(10-17-16)19-9-8-13-4-2-3-5-14(13)11-19/h2-7,10H,8-9,11H2,1H3,(H,17,18,20). The molecule has 2 aromatic rings. The van der Waals surface area contributed by atoms with Crippen molar-refractivity contribution in [2.24, 2.45) is 0 Å². The molecule has 1 aromatic heterocycles. The number of carbonyl (C=O) groups excluding carboxylic acids is 1. The third-order valence-electron chi connectivity index (χ3n) is 3.55. The number of hydrogen-bond donors (Lipinski definition) is 1. The first kappa shape index (κ1) is 12.7. The third-order valence-corrected chi connectivity index (χ3v) is 3.55. The Kier molecular flexibility index (Phi) is 3.37. The molecule has 0 saturated carbocycles. The molecule has 0 spiro atoms. The highest BCUT2D eigenvalue weighted by Gasteiger charge is 2.16. The van der Waals surface area contributed by atoms with Gasteiger partial charge < -0.3 is 10.2 Å². The monoisotopic (exact) mass is 267 g/mol. The second-order valence-electron chi connectivity index (χ2n) is 5.02. The van der Waals surface area contributed by atoms with Crippen molar-refractivity contribution in [3.05, 3.63) is 53.7 Å². The molecule has 4 nitrogen and oxygen atoms in total. The fraction of sp³-hybridized carbons (Fsp3) is 0.250. The van der Waals surface area contributed by atoms with E-state index in [2.05, 4.69) is 39.5 Å². The second-order valence-corrected chi connectivity index (χ2v) is 5.02. The lowest BCUT2D eigenvalue weighted by Gasteiger charge is -2.30. The van der Waals surface area contributed by atoms with Crippen molar-refractivity contribution in [2.75, 3.05) is 16.8 Å². The minimum atomic E-state index is -0.0999. The molecular weight excluding hydrogens is 250 g/mol. The van der Waals surface area contributed by atoms with E-state index in [1.807, 2.05) is 18.3 Å². The van der Waals surface area contributed by atoms with Crippen molar-refractivity contribution < 1.29 is 4.79 Å². The fourth-order valence-corrected chi connectivity index (χ4v) is 2.54. The number of carbonyl (C=O) groups is 1. The highest BCUT2D eigenvalue weighted by atomic mass is 16.1. The number of nitrogens with one attached hydrogen (secondary N) is 1. The van der Waals surface area contributed by atoms with Crippen LogP contribution in [-0.4, -0.2) is 17.4 Å². The lowest BCUT2D eigenvalue weighted by molar-refractivity contribution is -0.114. The Morgan fingerprint density at radius 3 is 2.70 bits per heavy atom. The van der Waals surface area contributed by atoms with Gasteiger partial charge in [-0.1, -0.05) is 24.3 Å². The summed E-state index contributed by atoms with van der Waals surface area (Å²) < 4.78 is 0. The van der Waals surface area contributed by atoms with Gasteiger partial charge in [0.1, 0.15) is 5.82 Å². The average Bonchev–Trinajstić information content (AvgIpc) is 2.47. The van der Waals surface area contributed by atoms with Crippen molar-refractivity contribution in [1.82, 2.24) is 4.98 Å². The van der Waals surface area contributed by atoms with Crippen molar-refractivity contribution in [3.63, 3.8) is 0 Å². The summed E-state index contributed by atoms with van der Waals surface area (Å²) in [7, 11) is 0. The summed E-state index contributed by atoms with van der Waals surface area (Å²) in [5.74, 6) is 0.496. The molecule has 4 heteroatoms. The summed E-state index contributed by atoms with van der Waals surface area (Å²) in [6.45, 7) is 3.40. The molecular formula is C16H17N3O. The van der Waals surface area contributed by atoms with Crippen LogP contribution in [0.2, 0.25) is 0 Å². The Morgan fingerprint density at radius 1 is 1.20 bits per heavy atom. The van der Waals surface area contributed by atoms with Gasteiger partial charge in [0.05, 0.1) is 11.9 Å². The van der Waals surface area contributed by atoms with E-state index in [1.54, 1.807) is 0 Å². The summed E-state index contributed by atoms with van der Waals surface area (Å²) in [4.78, 5) is 17.6. The van der Waals surface area contributed by atoms with Gasteiger partial charge in [-0.2, -0.15) is 0 Å². The maximum Gasteiger partial charge on any atom is 0.222 e. The molecule has 20 heavy (non-hydrogen) atoms. The maximum atomic E-state index is 11.0. The van der Waals surface area contributed by atoms with Crippen LogP contribution in [0.1, 0.15) is 18.1 Å². The topological polar surface area (TPSA) is 45.2 Å². The summed E-state index contributed by atoms with van der Waals surface area (Å²) in [5, 5.41) is 2.68. The van der Waals surface area contributed by atoms with E-state index in [1.165, 1.54) is 18.1 Å². The van der Waals surface area contributed by atoms with Crippen molar-refractivity contribution in [1.29, 1.82) is 0 Å². The number of benzene rings is 1. The summed E-state index contributed by atoms with van der Waals surface area (Å²) in [6.07, 6.45) is 2.88. The smallest absolute Gasteiger partial charge is 0.222 e. The van der Waals surface area contributed by atoms with Gasteiger partial charge >= 0.3 is 0 Å². The lowest BCUT2D eigenvalue weighted by atomic mass is 10.00. The Hall–Kier alpha value is -2.36. The van der Waals surface area contributed by atoms with Gasteiger partial charge in [0.25, 0.3) is 0 Å². The second kappa shape index (κ2) is 5.33. The minimum Gasteiger partial charge on any atom is -0.366 e. The first-order valence-corrected chi connectivity index (χ1v) is 6.78. The van der Waals surface area contributed by atoms with Crippen LogP contribution in [0.15, 0.2) is 42.6 Å². The average molecular weight is 267 g/mol. The Morgan fingerprint density at radius 2 is 2.00 bits per heavy atom. The summed E-state index contributed by atoms with van der Waals surface area (Å²) in [5.41, 5.74) is 3.91. The van der Waals surface area contributed by atoms with Gasteiger partial charge in [0.2, 0.25) is 5.91 Å². The molecule has 102 valence electrons. The zero-order valence-corrected chi connectivity index (χ0v) is 11.5. The van der Waals surface area contributed by atoms with E-state index in [4.69, 9.17) is 0 Å². The van der Waals surface area contributed by atoms with E-state index in [0.29, 0.717) is 5.82 Å². The van der Waals surface area contributed by atoms with Crippen molar-refractivity contribution in [2.45, 2.75) is 19.9 Å². The number of aromatic nitrogens is 1. The van der Waals surface area contributed by atoms with Crippen LogP contribution in [0.25, 0.3) is 0 Å². The van der Waals surface area contributed by atoms with Crippen LogP contribution in [0.4, 0.5) is 11.5 Å². The van der Waals surface area contributed by atoms with Gasteiger partial charge in [-0.05, 0) is 29.7 Å². The van der Waals surface area contributed by atoms with Crippen LogP contribution >= 0.6 is 0 Å². The SMILES string of the molecule is CC(=O)Nc1ccc(N2CCc3ccccc3C2)cn1. The summed E-state index contributed by atoms with van der Waals surface area (Å²) in [6, 6.07) is 12.4. The van der Waals surface area contributed by atoms with E-state index in [0.717, 1.165) is 25.2 Å². The number of anilines is 2. The number of pyridine rings is 1. The molecule has 3 rings (SSSR count). The zero-order valence-electron chi connectivity index (χ0n) is 11.5. The predicted molar refractivity (Wildman–Crippen MR) is 79.7 cm³/mol. The lowest BCUT2D eigenvalue weighted by Crippen LogP contribution is -2.30. The Labute approximate surface area is 118 Å². The van der Waals surface area contributed by atoms with Gasteiger partial charge in [0, 0.05) is 20.0 Å². The molecule has 0 fully saturated rings. The summed E-state index contributed by atoms with van der Waals surface area (Å²) >= 11 is 0. The molecule has 0 saturated heterocycles. The van der Waals surface area contributed by atoms with E-state index < -0.39 is 0 Å².